The van der Waals surface area contributed by atoms with Crippen molar-refractivity contribution in [1.82, 2.24) is 19.9 Å². The molecule has 0 saturated carbocycles. The van der Waals surface area contributed by atoms with Crippen molar-refractivity contribution in [2.75, 3.05) is 19.7 Å². The van der Waals surface area contributed by atoms with Crippen molar-refractivity contribution in [2.24, 2.45) is 5.92 Å². The first kappa shape index (κ1) is 15.4. The Labute approximate surface area is 133 Å². The van der Waals surface area contributed by atoms with Crippen LogP contribution in [0, 0.1) is 11.7 Å². The van der Waals surface area contributed by atoms with E-state index in [4.69, 9.17) is 16.7 Å². The molecule has 1 aliphatic heterocycles. The zero-order chi connectivity index (χ0) is 15.5. The number of aliphatic hydroxyl groups is 1. The third kappa shape index (κ3) is 3.45. The molecule has 3 rings (SSSR count). The minimum atomic E-state index is -0.447. The average Bonchev–Trinajstić information content (AvgIpc) is 2.99. The average molecular weight is 325 g/mol. The van der Waals surface area contributed by atoms with E-state index in [1.807, 2.05) is 6.20 Å². The molecule has 1 fully saturated rings. The quantitative estimate of drug-likeness (QED) is 0.937. The summed E-state index contributed by atoms with van der Waals surface area (Å²) in [5.74, 6) is -0.0224. The number of halogens is 2. The van der Waals surface area contributed by atoms with Gasteiger partial charge in [-0.2, -0.15) is 0 Å². The summed E-state index contributed by atoms with van der Waals surface area (Å²) in [6, 6.07) is 4.47. The molecular formula is C15H18ClFN4O. The van der Waals surface area contributed by atoms with E-state index in [0.717, 1.165) is 38.2 Å². The molecule has 0 spiro atoms. The van der Waals surface area contributed by atoms with Gasteiger partial charge in [0, 0.05) is 13.2 Å². The van der Waals surface area contributed by atoms with Gasteiger partial charge >= 0.3 is 0 Å². The summed E-state index contributed by atoms with van der Waals surface area (Å²) in [4.78, 5) is 2.30. The number of rotatable bonds is 4. The molecule has 0 amide bonds. The Hall–Kier alpha value is -1.50. The largest absolute Gasteiger partial charge is 0.396 e. The van der Waals surface area contributed by atoms with Crippen LogP contribution in [0.2, 0.25) is 5.02 Å². The number of piperidine rings is 1. The molecule has 1 saturated heterocycles. The van der Waals surface area contributed by atoms with Gasteiger partial charge in [0.1, 0.15) is 5.82 Å². The lowest BCUT2D eigenvalue weighted by molar-refractivity contribution is 0.126. The zero-order valence-electron chi connectivity index (χ0n) is 12.1. The molecule has 7 heteroatoms. The van der Waals surface area contributed by atoms with E-state index in [-0.39, 0.29) is 11.6 Å². The minimum Gasteiger partial charge on any atom is -0.396 e. The van der Waals surface area contributed by atoms with Crippen LogP contribution < -0.4 is 0 Å². The molecule has 0 unspecified atom stereocenters. The van der Waals surface area contributed by atoms with Crippen LogP contribution in [-0.4, -0.2) is 44.7 Å². The number of aromatic nitrogens is 3. The van der Waals surface area contributed by atoms with Crippen molar-refractivity contribution < 1.29 is 9.50 Å². The van der Waals surface area contributed by atoms with Crippen LogP contribution in [0.4, 0.5) is 4.39 Å². The maximum atomic E-state index is 13.2. The van der Waals surface area contributed by atoms with Crippen LogP contribution >= 0.6 is 11.6 Å². The maximum Gasteiger partial charge on any atom is 0.141 e. The van der Waals surface area contributed by atoms with Crippen LogP contribution in [0.5, 0.6) is 0 Å². The number of benzene rings is 1. The molecular weight excluding hydrogens is 307 g/mol. The summed E-state index contributed by atoms with van der Waals surface area (Å²) >= 11 is 5.79. The summed E-state index contributed by atoms with van der Waals surface area (Å²) < 4.78 is 14.8. The highest BCUT2D eigenvalue weighted by Gasteiger charge is 2.19. The molecule has 1 aromatic carbocycles. The Morgan fingerprint density at radius 2 is 2.09 bits per heavy atom. The van der Waals surface area contributed by atoms with Crippen LogP contribution in [-0.2, 0) is 6.54 Å². The van der Waals surface area contributed by atoms with Gasteiger partial charge in [-0.1, -0.05) is 16.8 Å². The fourth-order valence-corrected chi connectivity index (χ4v) is 2.86. The Kier molecular flexibility index (Phi) is 4.71. The number of aliphatic hydroxyl groups excluding tert-OH is 1. The first-order chi connectivity index (χ1) is 10.7. The number of hydrogen-bond donors (Lipinski definition) is 1. The highest BCUT2D eigenvalue weighted by molar-refractivity contribution is 6.30. The molecule has 118 valence electrons. The van der Waals surface area contributed by atoms with Crippen LogP contribution in [0.15, 0.2) is 24.4 Å². The molecule has 1 aliphatic rings. The van der Waals surface area contributed by atoms with Crippen molar-refractivity contribution in [2.45, 2.75) is 19.4 Å². The summed E-state index contributed by atoms with van der Waals surface area (Å²) in [5.41, 5.74) is 1.55. The van der Waals surface area contributed by atoms with Gasteiger partial charge in [-0.05, 0) is 50.0 Å². The van der Waals surface area contributed by atoms with Crippen molar-refractivity contribution in [3.05, 3.63) is 40.9 Å². The molecule has 2 aromatic rings. The van der Waals surface area contributed by atoms with E-state index in [1.54, 1.807) is 10.7 Å². The van der Waals surface area contributed by atoms with E-state index in [9.17, 15) is 4.39 Å². The number of likely N-dealkylation sites (tertiary alicyclic amines) is 1. The van der Waals surface area contributed by atoms with Crippen molar-refractivity contribution >= 4 is 11.6 Å². The molecule has 0 aliphatic carbocycles. The summed E-state index contributed by atoms with van der Waals surface area (Å²) in [7, 11) is 0. The molecule has 5 nitrogen and oxygen atoms in total. The van der Waals surface area contributed by atoms with Crippen molar-refractivity contribution in [3.8, 4) is 5.69 Å². The lowest BCUT2D eigenvalue weighted by Crippen LogP contribution is -2.34. The monoisotopic (exact) mass is 324 g/mol. The fraction of sp³-hybridized carbons (Fsp3) is 0.467. The Morgan fingerprint density at radius 1 is 1.32 bits per heavy atom. The van der Waals surface area contributed by atoms with E-state index >= 15 is 0 Å². The number of hydrogen-bond acceptors (Lipinski definition) is 4. The van der Waals surface area contributed by atoms with Gasteiger partial charge in [0.05, 0.1) is 22.6 Å². The molecule has 1 N–H and O–H groups in total. The van der Waals surface area contributed by atoms with Gasteiger partial charge in [-0.25, -0.2) is 9.07 Å². The third-order valence-corrected chi connectivity index (χ3v) is 4.35. The second-order valence-corrected chi connectivity index (χ2v) is 6.06. The van der Waals surface area contributed by atoms with Gasteiger partial charge in [0.25, 0.3) is 0 Å². The SMILES string of the molecule is OCC1CCN(Cc2cn(-c3ccc(F)c(Cl)c3)nn2)CC1. The predicted molar refractivity (Wildman–Crippen MR) is 81.4 cm³/mol. The number of nitrogens with zero attached hydrogens (tertiary/aromatic N) is 4. The summed E-state index contributed by atoms with van der Waals surface area (Å²) in [6.45, 7) is 2.92. The Bertz CT molecular complexity index is 640. The Morgan fingerprint density at radius 3 is 2.77 bits per heavy atom. The topological polar surface area (TPSA) is 54.2 Å². The van der Waals surface area contributed by atoms with Crippen LogP contribution in [0.25, 0.3) is 5.69 Å². The molecule has 1 aromatic heterocycles. The van der Waals surface area contributed by atoms with E-state index < -0.39 is 5.82 Å². The molecule has 2 heterocycles. The zero-order valence-corrected chi connectivity index (χ0v) is 12.9. The smallest absolute Gasteiger partial charge is 0.141 e. The predicted octanol–water partition coefficient (Wildman–Crippen LogP) is 2.26. The first-order valence-electron chi connectivity index (χ1n) is 7.35. The lowest BCUT2D eigenvalue weighted by Gasteiger charge is -2.30. The molecule has 0 bridgehead atoms. The second-order valence-electron chi connectivity index (χ2n) is 5.65. The Balaban J connectivity index is 1.65. The molecule has 0 radical (unpaired) electrons. The maximum absolute atomic E-state index is 13.2. The van der Waals surface area contributed by atoms with Gasteiger partial charge < -0.3 is 5.11 Å². The highest BCUT2D eigenvalue weighted by atomic mass is 35.5. The third-order valence-electron chi connectivity index (χ3n) is 4.06. The van der Waals surface area contributed by atoms with Crippen molar-refractivity contribution in [1.29, 1.82) is 0 Å². The molecule has 22 heavy (non-hydrogen) atoms. The van der Waals surface area contributed by atoms with Crippen molar-refractivity contribution in [3.63, 3.8) is 0 Å². The van der Waals surface area contributed by atoms with Gasteiger partial charge in [0.15, 0.2) is 0 Å². The first-order valence-corrected chi connectivity index (χ1v) is 7.73. The lowest BCUT2D eigenvalue weighted by atomic mass is 9.98. The van der Waals surface area contributed by atoms with Gasteiger partial charge in [0.2, 0.25) is 0 Å². The van der Waals surface area contributed by atoms with Gasteiger partial charge in [-0.3, -0.25) is 4.90 Å². The summed E-state index contributed by atoms with van der Waals surface area (Å²) in [6.07, 6.45) is 3.86. The molecule has 0 atom stereocenters. The van der Waals surface area contributed by atoms with E-state index in [0.29, 0.717) is 11.6 Å². The normalized spacial score (nSPS) is 17.0. The minimum absolute atomic E-state index is 0.0700. The van der Waals surface area contributed by atoms with E-state index in [1.165, 1.54) is 12.1 Å². The van der Waals surface area contributed by atoms with Gasteiger partial charge in [-0.15, -0.1) is 5.10 Å². The standard InChI is InChI=1S/C15H18ClFN4O/c16-14-7-13(1-2-15(14)17)21-9-12(18-19-21)8-20-5-3-11(10-22)4-6-20/h1-2,7,9,11,22H,3-6,8,10H2. The van der Waals surface area contributed by atoms with Crippen LogP contribution in [0.3, 0.4) is 0 Å². The second kappa shape index (κ2) is 6.73. The highest BCUT2D eigenvalue weighted by Crippen LogP contribution is 2.20. The van der Waals surface area contributed by atoms with E-state index in [2.05, 4.69) is 15.2 Å². The van der Waals surface area contributed by atoms with Crippen LogP contribution in [0.1, 0.15) is 18.5 Å². The summed E-state index contributed by atoms with van der Waals surface area (Å²) in [5, 5.41) is 17.5. The fourth-order valence-electron chi connectivity index (χ4n) is 2.68.